The van der Waals surface area contributed by atoms with Crippen molar-refractivity contribution >= 4 is 26.7 Å². The fourth-order valence-electron chi connectivity index (χ4n) is 3.41. The van der Waals surface area contributed by atoms with Crippen LogP contribution in [0, 0.1) is 6.92 Å². The van der Waals surface area contributed by atoms with Crippen LogP contribution in [0.4, 0.5) is 5.82 Å². The van der Waals surface area contributed by atoms with Crippen LogP contribution in [0.15, 0.2) is 65.6 Å². The predicted molar refractivity (Wildman–Crippen MR) is 104 cm³/mol. The number of pyridine rings is 1. The summed E-state index contributed by atoms with van der Waals surface area (Å²) in [5.41, 5.74) is 2.08. The fourth-order valence-corrected chi connectivity index (χ4v) is 4.86. The molecule has 0 radical (unpaired) electrons. The van der Waals surface area contributed by atoms with Gasteiger partial charge in [0.1, 0.15) is 5.82 Å². The van der Waals surface area contributed by atoms with Gasteiger partial charge in [0, 0.05) is 31.6 Å². The molecule has 6 heteroatoms. The topological polar surface area (TPSA) is 53.5 Å². The molecule has 26 heavy (non-hydrogen) atoms. The molecule has 2 heterocycles. The molecule has 0 bridgehead atoms. The minimum absolute atomic E-state index is 0.355. The van der Waals surface area contributed by atoms with Gasteiger partial charge in [0.25, 0.3) is 0 Å². The maximum Gasteiger partial charge on any atom is 0.243 e. The molecule has 134 valence electrons. The molecule has 1 fully saturated rings. The third-order valence-electron chi connectivity index (χ3n) is 4.81. The summed E-state index contributed by atoms with van der Waals surface area (Å²) >= 11 is 0. The Kier molecular flexibility index (Phi) is 4.38. The molecule has 0 aliphatic carbocycles. The minimum Gasteiger partial charge on any atom is -0.354 e. The van der Waals surface area contributed by atoms with Crippen molar-refractivity contribution in [3.63, 3.8) is 0 Å². The van der Waals surface area contributed by atoms with Crippen molar-refractivity contribution in [2.45, 2.75) is 11.8 Å². The molecule has 0 amide bonds. The Labute approximate surface area is 153 Å². The summed E-state index contributed by atoms with van der Waals surface area (Å²) in [6, 6.07) is 18.8. The zero-order valence-corrected chi connectivity index (χ0v) is 15.5. The fraction of sp³-hybridized carbons (Fsp3) is 0.250. The van der Waals surface area contributed by atoms with Crippen molar-refractivity contribution in [1.29, 1.82) is 0 Å². The van der Waals surface area contributed by atoms with E-state index in [1.165, 1.54) is 0 Å². The second-order valence-corrected chi connectivity index (χ2v) is 8.46. The van der Waals surface area contributed by atoms with Gasteiger partial charge in [0.15, 0.2) is 0 Å². The number of anilines is 1. The van der Waals surface area contributed by atoms with Crippen LogP contribution in [-0.4, -0.2) is 43.9 Å². The van der Waals surface area contributed by atoms with Gasteiger partial charge in [0.05, 0.1) is 10.4 Å². The number of hydrogen-bond donors (Lipinski definition) is 0. The maximum absolute atomic E-state index is 12.8. The molecule has 1 aliphatic rings. The smallest absolute Gasteiger partial charge is 0.243 e. The minimum atomic E-state index is -3.43. The molecule has 1 aliphatic heterocycles. The third-order valence-corrected chi connectivity index (χ3v) is 6.72. The zero-order chi connectivity index (χ0) is 18.1. The number of nitrogens with zero attached hydrogens (tertiary/aromatic N) is 3. The number of rotatable bonds is 3. The number of sulfonamides is 1. The zero-order valence-electron chi connectivity index (χ0n) is 14.7. The van der Waals surface area contributed by atoms with Crippen LogP contribution < -0.4 is 4.90 Å². The van der Waals surface area contributed by atoms with Gasteiger partial charge in [-0.05, 0) is 36.8 Å². The van der Waals surface area contributed by atoms with Crippen molar-refractivity contribution in [2.24, 2.45) is 0 Å². The first kappa shape index (κ1) is 17.0. The Balaban J connectivity index is 1.55. The monoisotopic (exact) mass is 367 g/mol. The van der Waals surface area contributed by atoms with E-state index >= 15 is 0 Å². The molecule has 1 saturated heterocycles. The van der Waals surface area contributed by atoms with Gasteiger partial charge in [-0.25, -0.2) is 13.4 Å². The SMILES string of the molecule is Cc1cc2ccccc2nc1N1CCN(S(=O)(=O)c2ccccc2)CC1. The molecule has 2 aromatic carbocycles. The van der Waals surface area contributed by atoms with Crippen molar-refractivity contribution in [2.75, 3.05) is 31.1 Å². The van der Waals surface area contributed by atoms with Gasteiger partial charge in [0.2, 0.25) is 10.0 Å². The largest absolute Gasteiger partial charge is 0.354 e. The first-order chi connectivity index (χ1) is 12.6. The van der Waals surface area contributed by atoms with E-state index < -0.39 is 10.0 Å². The number of hydrogen-bond acceptors (Lipinski definition) is 4. The number of aryl methyl sites for hydroxylation is 1. The molecular weight excluding hydrogens is 346 g/mol. The Morgan fingerprint density at radius 3 is 2.27 bits per heavy atom. The summed E-state index contributed by atoms with van der Waals surface area (Å²) in [6.07, 6.45) is 0. The van der Waals surface area contributed by atoms with E-state index in [9.17, 15) is 8.42 Å². The molecule has 0 spiro atoms. The van der Waals surface area contributed by atoms with E-state index in [4.69, 9.17) is 4.98 Å². The summed E-state index contributed by atoms with van der Waals surface area (Å²) in [6.45, 7) is 4.26. The molecule has 0 saturated carbocycles. The van der Waals surface area contributed by atoms with Crippen molar-refractivity contribution in [3.8, 4) is 0 Å². The van der Waals surface area contributed by atoms with Gasteiger partial charge in [-0.3, -0.25) is 0 Å². The first-order valence-electron chi connectivity index (χ1n) is 8.72. The highest BCUT2D eigenvalue weighted by molar-refractivity contribution is 7.89. The Morgan fingerprint density at radius 1 is 0.885 bits per heavy atom. The van der Waals surface area contributed by atoms with E-state index in [1.807, 2.05) is 24.3 Å². The van der Waals surface area contributed by atoms with Gasteiger partial charge in [-0.1, -0.05) is 36.4 Å². The Bertz CT molecular complexity index is 1030. The van der Waals surface area contributed by atoms with E-state index in [-0.39, 0.29) is 0 Å². The summed E-state index contributed by atoms with van der Waals surface area (Å²) in [4.78, 5) is 7.34. The second-order valence-electron chi connectivity index (χ2n) is 6.53. The van der Waals surface area contributed by atoms with Crippen LogP contribution in [0.2, 0.25) is 0 Å². The quantitative estimate of drug-likeness (QED) is 0.714. The lowest BCUT2D eigenvalue weighted by Gasteiger charge is -2.35. The second kappa shape index (κ2) is 6.70. The lowest BCUT2D eigenvalue weighted by molar-refractivity contribution is 0.383. The molecule has 0 unspecified atom stereocenters. The van der Waals surface area contributed by atoms with Crippen molar-refractivity contribution in [1.82, 2.24) is 9.29 Å². The molecule has 5 nitrogen and oxygen atoms in total. The summed E-state index contributed by atoms with van der Waals surface area (Å²) in [5.74, 6) is 0.945. The average molecular weight is 367 g/mol. The molecule has 3 aromatic rings. The molecular formula is C20H21N3O2S. The third kappa shape index (κ3) is 3.06. The molecule has 0 N–H and O–H groups in total. The summed E-state index contributed by atoms with van der Waals surface area (Å²) in [5, 5.41) is 1.12. The van der Waals surface area contributed by atoms with E-state index in [0.29, 0.717) is 31.1 Å². The van der Waals surface area contributed by atoms with Gasteiger partial charge in [-0.2, -0.15) is 4.31 Å². The maximum atomic E-state index is 12.8. The molecule has 0 atom stereocenters. The first-order valence-corrected chi connectivity index (χ1v) is 10.2. The van der Waals surface area contributed by atoms with Gasteiger partial charge < -0.3 is 4.90 Å². The average Bonchev–Trinajstić information content (AvgIpc) is 2.68. The summed E-state index contributed by atoms with van der Waals surface area (Å²) in [7, 11) is -3.43. The van der Waals surface area contributed by atoms with Crippen LogP contribution >= 0.6 is 0 Å². The van der Waals surface area contributed by atoms with Gasteiger partial charge >= 0.3 is 0 Å². The van der Waals surface area contributed by atoms with Crippen LogP contribution in [-0.2, 0) is 10.0 Å². The lowest BCUT2D eigenvalue weighted by Crippen LogP contribution is -2.49. The standard InChI is InChI=1S/C20H21N3O2S/c1-16-15-17-7-5-6-10-19(17)21-20(16)22-11-13-23(14-12-22)26(24,25)18-8-3-2-4-9-18/h2-10,15H,11-14H2,1H3. The lowest BCUT2D eigenvalue weighted by atomic mass is 10.1. The van der Waals surface area contributed by atoms with Crippen LogP contribution in [0.5, 0.6) is 0 Å². The van der Waals surface area contributed by atoms with E-state index in [1.54, 1.807) is 28.6 Å². The Hall–Kier alpha value is -2.44. The highest BCUT2D eigenvalue weighted by Crippen LogP contribution is 2.25. The van der Waals surface area contributed by atoms with E-state index in [0.717, 1.165) is 22.3 Å². The summed E-state index contributed by atoms with van der Waals surface area (Å²) < 4.78 is 27.1. The predicted octanol–water partition coefficient (Wildman–Crippen LogP) is 3.05. The normalized spacial score (nSPS) is 16.1. The number of para-hydroxylation sites is 1. The van der Waals surface area contributed by atoms with Crippen LogP contribution in [0.3, 0.4) is 0 Å². The van der Waals surface area contributed by atoms with Crippen molar-refractivity contribution in [3.05, 3.63) is 66.2 Å². The van der Waals surface area contributed by atoms with E-state index in [2.05, 4.69) is 24.0 Å². The van der Waals surface area contributed by atoms with Gasteiger partial charge in [-0.15, -0.1) is 0 Å². The number of piperazine rings is 1. The Morgan fingerprint density at radius 2 is 1.54 bits per heavy atom. The number of benzene rings is 2. The van der Waals surface area contributed by atoms with Crippen LogP contribution in [0.25, 0.3) is 10.9 Å². The molecule has 1 aromatic heterocycles. The highest BCUT2D eigenvalue weighted by atomic mass is 32.2. The number of fused-ring (bicyclic) bond motifs is 1. The van der Waals surface area contributed by atoms with Crippen LogP contribution in [0.1, 0.15) is 5.56 Å². The highest BCUT2D eigenvalue weighted by Gasteiger charge is 2.29. The number of aromatic nitrogens is 1. The molecule has 4 rings (SSSR count). The van der Waals surface area contributed by atoms with Crippen molar-refractivity contribution < 1.29 is 8.42 Å².